The summed E-state index contributed by atoms with van der Waals surface area (Å²) in [6.07, 6.45) is 0. The van der Waals surface area contributed by atoms with Crippen LogP contribution in [0.3, 0.4) is 0 Å². The number of rotatable bonds is 6. The average Bonchev–Trinajstić information content (AvgIpc) is 3.04. The maximum absolute atomic E-state index is 13.7. The predicted octanol–water partition coefficient (Wildman–Crippen LogP) is 4.46. The monoisotopic (exact) mass is 374 g/mol. The molecule has 0 atom stereocenters. The first-order valence-electron chi connectivity index (χ1n) is 7.44. The maximum Gasteiger partial charge on any atom is 0.234 e. The Hall–Kier alpha value is -2.45. The minimum absolute atomic E-state index is 0.132. The molecule has 0 aliphatic carbocycles. The first-order chi connectivity index (χ1) is 12.1. The Morgan fingerprint density at radius 2 is 2.00 bits per heavy atom. The largest absolute Gasteiger partial charge is 0.330 e. The fraction of sp³-hybridized carbons (Fsp3) is 0.118. The van der Waals surface area contributed by atoms with Gasteiger partial charge in [-0.3, -0.25) is 4.79 Å². The van der Waals surface area contributed by atoms with E-state index in [4.69, 9.17) is 0 Å². The average molecular weight is 374 g/mol. The zero-order valence-corrected chi connectivity index (χ0v) is 15.0. The van der Waals surface area contributed by atoms with Crippen molar-refractivity contribution in [2.45, 2.75) is 11.3 Å². The second kappa shape index (κ2) is 8.09. The normalized spacial score (nSPS) is 10.5. The zero-order valence-electron chi connectivity index (χ0n) is 13.3. The van der Waals surface area contributed by atoms with Gasteiger partial charge < -0.3 is 10.6 Å². The minimum atomic E-state index is -0.441. The van der Waals surface area contributed by atoms with Crippen molar-refractivity contribution >= 4 is 45.5 Å². The number of para-hydroxylation sites is 1. The lowest BCUT2D eigenvalue weighted by atomic mass is 10.2. The third-order valence-corrected chi connectivity index (χ3v) is 5.13. The molecule has 0 saturated heterocycles. The van der Waals surface area contributed by atoms with Crippen LogP contribution in [-0.4, -0.2) is 21.9 Å². The molecule has 0 bridgehead atoms. The van der Waals surface area contributed by atoms with Crippen molar-refractivity contribution in [3.63, 3.8) is 0 Å². The van der Waals surface area contributed by atoms with E-state index < -0.39 is 5.82 Å². The lowest BCUT2D eigenvalue weighted by Gasteiger charge is -2.06. The van der Waals surface area contributed by atoms with Gasteiger partial charge in [-0.2, -0.15) is 0 Å². The molecule has 0 aliphatic heterocycles. The molecule has 1 heterocycles. The van der Waals surface area contributed by atoms with Gasteiger partial charge in [-0.05, 0) is 36.8 Å². The number of carbonyl (C=O) groups excluding carboxylic acids is 1. The van der Waals surface area contributed by atoms with E-state index in [-0.39, 0.29) is 17.3 Å². The fourth-order valence-corrected chi connectivity index (χ4v) is 3.57. The van der Waals surface area contributed by atoms with Crippen molar-refractivity contribution < 1.29 is 9.18 Å². The molecule has 0 aliphatic rings. The molecule has 25 heavy (non-hydrogen) atoms. The van der Waals surface area contributed by atoms with Gasteiger partial charge in [-0.15, -0.1) is 10.2 Å². The molecule has 0 radical (unpaired) electrons. The van der Waals surface area contributed by atoms with Gasteiger partial charge in [0.2, 0.25) is 11.0 Å². The van der Waals surface area contributed by atoms with Crippen molar-refractivity contribution in [2.24, 2.45) is 0 Å². The standard InChI is InChI=1S/C17H15FN4OS2/c1-11-7-8-14(13(18)9-11)20-15(23)10-24-17-22-21-16(25-17)19-12-5-3-2-4-6-12/h2-9H,10H2,1H3,(H,19,21)(H,20,23). The first-order valence-corrected chi connectivity index (χ1v) is 9.25. The third-order valence-electron chi connectivity index (χ3n) is 3.16. The molecule has 5 nitrogen and oxygen atoms in total. The van der Waals surface area contributed by atoms with E-state index in [2.05, 4.69) is 20.8 Å². The summed E-state index contributed by atoms with van der Waals surface area (Å²) in [7, 11) is 0. The van der Waals surface area contributed by atoms with Crippen LogP contribution < -0.4 is 10.6 Å². The van der Waals surface area contributed by atoms with Crippen LogP contribution in [0.25, 0.3) is 0 Å². The van der Waals surface area contributed by atoms with Crippen molar-refractivity contribution in [1.82, 2.24) is 10.2 Å². The van der Waals surface area contributed by atoms with Crippen LogP contribution in [0.2, 0.25) is 0 Å². The van der Waals surface area contributed by atoms with Gasteiger partial charge in [-0.1, -0.05) is 47.4 Å². The number of amides is 1. The van der Waals surface area contributed by atoms with Crippen LogP contribution >= 0.6 is 23.1 Å². The summed E-state index contributed by atoms with van der Waals surface area (Å²) in [5.41, 5.74) is 1.90. The SMILES string of the molecule is Cc1ccc(NC(=O)CSc2nnc(Nc3ccccc3)s2)c(F)c1. The number of nitrogens with zero attached hydrogens (tertiary/aromatic N) is 2. The molecule has 8 heteroatoms. The summed E-state index contributed by atoms with van der Waals surface area (Å²) in [4.78, 5) is 12.0. The van der Waals surface area contributed by atoms with Crippen molar-refractivity contribution in [3.05, 3.63) is 59.9 Å². The van der Waals surface area contributed by atoms with Gasteiger partial charge in [0.15, 0.2) is 4.34 Å². The van der Waals surface area contributed by atoms with Crippen LogP contribution in [0.5, 0.6) is 0 Å². The van der Waals surface area contributed by atoms with Gasteiger partial charge in [0.1, 0.15) is 5.82 Å². The molecular formula is C17H15FN4OS2. The number of carbonyl (C=O) groups is 1. The molecule has 0 saturated carbocycles. The number of hydrogen-bond acceptors (Lipinski definition) is 6. The summed E-state index contributed by atoms with van der Waals surface area (Å²) in [5.74, 6) is -0.600. The molecule has 3 aromatic rings. The lowest BCUT2D eigenvalue weighted by Crippen LogP contribution is -2.15. The van der Waals surface area contributed by atoms with Crippen LogP contribution in [0.1, 0.15) is 5.56 Å². The number of anilines is 3. The highest BCUT2D eigenvalue weighted by molar-refractivity contribution is 8.01. The van der Waals surface area contributed by atoms with Crippen LogP contribution in [0, 0.1) is 12.7 Å². The Kier molecular flexibility index (Phi) is 5.62. The van der Waals surface area contributed by atoms with Gasteiger partial charge in [0.25, 0.3) is 0 Å². The molecular weight excluding hydrogens is 359 g/mol. The fourth-order valence-electron chi connectivity index (χ4n) is 2.00. The number of aromatic nitrogens is 2. The van der Waals surface area contributed by atoms with Gasteiger partial charge >= 0.3 is 0 Å². The van der Waals surface area contributed by atoms with Gasteiger partial charge in [-0.25, -0.2) is 4.39 Å². The summed E-state index contributed by atoms with van der Waals surface area (Å²) in [5, 5.41) is 14.4. The van der Waals surface area contributed by atoms with Crippen molar-refractivity contribution in [3.8, 4) is 0 Å². The highest BCUT2D eigenvalue weighted by atomic mass is 32.2. The van der Waals surface area contributed by atoms with Crippen molar-refractivity contribution in [2.75, 3.05) is 16.4 Å². The molecule has 3 rings (SSSR count). The van der Waals surface area contributed by atoms with E-state index in [0.29, 0.717) is 9.47 Å². The Morgan fingerprint density at radius 3 is 2.76 bits per heavy atom. The van der Waals surface area contributed by atoms with E-state index in [1.807, 2.05) is 30.3 Å². The van der Waals surface area contributed by atoms with Gasteiger partial charge in [0.05, 0.1) is 11.4 Å². The minimum Gasteiger partial charge on any atom is -0.330 e. The quantitative estimate of drug-likeness (QED) is 0.624. The highest BCUT2D eigenvalue weighted by Gasteiger charge is 2.10. The molecule has 1 amide bonds. The molecule has 128 valence electrons. The van der Waals surface area contributed by atoms with Crippen LogP contribution in [0.15, 0.2) is 52.9 Å². The molecule has 2 N–H and O–H groups in total. The van der Waals surface area contributed by atoms with E-state index in [1.54, 1.807) is 19.1 Å². The van der Waals surface area contributed by atoms with E-state index >= 15 is 0 Å². The highest BCUT2D eigenvalue weighted by Crippen LogP contribution is 2.27. The topological polar surface area (TPSA) is 66.9 Å². The predicted molar refractivity (Wildman–Crippen MR) is 100 cm³/mol. The second-order valence-corrected chi connectivity index (χ2v) is 7.38. The van der Waals surface area contributed by atoms with E-state index in [9.17, 15) is 9.18 Å². The summed E-state index contributed by atoms with van der Waals surface area (Å²) in [6.45, 7) is 1.79. The Bertz CT molecular complexity index is 870. The molecule has 2 aromatic carbocycles. The number of halogens is 1. The van der Waals surface area contributed by atoms with Gasteiger partial charge in [0, 0.05) is 5.69 Å². The summed E-state index contributed by atoms with van der Waals surface area (Å²) < 4.78 is 14.4. The van der Waals surface area contributed by atoms with E-state index in [1.165, 1.54) is 29.2 Å². The number of aryl methyl sites for hydroxylation is 1. The Morgan fingerprint density at radius 1 is 1.20 bits per heavy atom. The van der Waals surface area contributed by atoms with Crippen LogP contribution in [0.4, 0.5) is 20.9 Å². The first kappa shape index (κ1) is 17.4. The molecule has 1 aromatic heterocycles. The lowest BCUT2D eigenvalue weighted by molar-refractivity contribution is -0.113. The number of thioether (sulfide) groups is 1. The Balaban J connectivity index is 1.52. The third kappa shape index (κ3) is 5.01. The van der Waals surface area contributed by atoms with Crippen molar-refractivity contribution in [1.29, 1.82) is 0 Å². The summed E-state index contributed by atoms with van der Waals surface area (Å²) in [6, 6.07) is 14.3. The Labute approximate surface area is 152 Å². The smallest absolute Gasteiger partial charge is 0.234 e. The second-order valence-electron chi connectivity index (χ2n) is 5.18. The molecule has 0 fully saturated rings. The van der Waals surface area contributed by atoms with E-state index in [0.717, 1.165) is 11.3 Å². The molecule has 0 spiro atoms. The number of hydrogen-bond donors (Lipinski definition) is 2. The summed E-state index contributed by atoms with van der Waals surface area (Å²) >= 11 is 2.62. The maximum atomic E-state index is 13.7. The number of benzene rings is 2. The van der Waals surface area contributed by atoms with Crippen LogP contribution in [-0.2, 0) is 4.79 Å². The molecule has 0 unspecified atom stereocenters. The number of nitrogens with one attached hydrogen (secondary N) is 2. The zero-order chi connectivity index (χ0) is 17.6.